The molecule has 0 amide bonds. The molecule has 0 saturated heterocycles. The lowest BCUT2D eigenvalue weighted by Crippen LogP contribution is -2.18. The second-order valence-corrected chi connectivity index (χ2v) is 6.70. The Morgan fingerprint density at radius 2 is 1.95 bits per heavy atom. The quantitative estimate of drug-likeness (QED) is 0.942. The van der Waals surface area contributed by atoms with E-state index in [2.05, 4.69) is 10.2 Å². The van der Waals surface area contributed by atoms with Gasteiger partial charge < -0.3 is 5.73 Å². The third-order valence-corrected chi connectivity index (χ3v) is 4.30. The van der Waals surface area contributed by atoms with Crippen molar-refractivity contribution >= 4 is 23.1 Å². The number of hydrogen-bond acceptors (Lipinski definition) is 5. The van der Waals surface area contributed by atoms with Crippen LogP contribution in [0.1, 0.15) is 17.5 Å². The van der Waals surface area contributed by atoms with Crippen molar-refractivity contribution < 1.29 is 8.78 Å². The maximum atomic E-state index is 13.9. The number of hydrogen-bond donors (Lipinski definition) is 1. The van der Waals surface area contributed by atoms with Gasteiger partial charge >= 0.3 is 0 Å². The van der Waals surface area contributed by atoms with Crippen molar-refractivity contribution in [2.45, 2.75) is 35.5 Å². The zero-order valence-corrected chi connectivity index (χ0v) is 12.1. The number of nitrogens with two attached hydrogens (primary N) is 1. The Morgan fingerprint density at radius 1 is 1.32 bits per heavy atom. The van der Waals surface area contributed by atoms with Gasteiger partial charge in [0.1, 0.15) is 16.6 Å². The molecule has 1 heterocycles. The van der Waals surface area contributed by atoms with E-state index in [1.807, 2.05) is 0 Å². The van der Waals surface area contributed by atoms with Crippen molar-refractivity contribution in [3.05, 3.63) is 34.3 Å². The minimum absolute atomic E-state index is 0.0513. The van der Waals surface area contributed by atoms with Crippen molar-refractivity contribution in [2.75, 3.05) is 0 Å². The first-order valence-electron chi connectivity index (χ1n) is 5.67. The molecule has 0 radical (unpaired) electrons. The zero-order valence-electron chi connectivity index (χ0n) is 10.5. The lowest BCUT2D eigenvalue weighted by Gasteiger charge is -2.08. The van der Waals surface area contributed by atoms with Crippen LogP contribution in [0.15, 0.2) is 21.4 Å². The Labute approximate surface area is 118 Å². The van der Waals surface area contributed by atoms with Gasteiger partial charge in [-0.3, -0.25) is 0 Å². The molecule has 0 aliphatic carbocycles. The third-order valence-electron chi connectivity index (χ3n) is 2.31. The molecule has 1 unspecified atom stereocenters. The van der Waals surface area contributed by atoms with Gasteiger partial charge in [0.15, 0.2) is 4.34 Å². The molecule has 0 bridgehead atoms. The fraction of sp³-hybridized carbons (Fsp3) is 0.333. The summed E-state index contributed by atoms with van der Waals surface area (Å²) in [6.07, 6.45) is 0.441. The predicted octanol–water partition coefficient (Wildman–Crippen LogP) is 3.17. The molecule has 1 aromatic carbocycles. The van der Waals surface area contributed by atoms with E-state index in [1.54, 1.807) is 13.8 Å². The highest BCUT2D eigenvalue weighted by Gasteiger charge is 2.15. The summed E-state index contributed by atoms with van der Waals surface area (Å²) in [5, 5.41) is 8.42. The van der Waals surface area contributed by atoms with Gasteiger partial charge in [0.25, 0.3) is 0 Å². The Balaban J connectivity index is 2.26. The van der Waals surface area contributed by atoms with E-state index in [9.17, 15) is 8.78 Å². The van der Waals surface area contributed by atoms with Crippen LogP contribution in [0.5, 0.6) is 0 Å². The lowest BCUT2D eigenvalue weighted by molar-refractivity contribution is 0.535. The average Bonchev–Trinajstić information content (AvgIpc) is 2.68. The minimum atomic E-state index is -0.589. The summed E-state index contributed by atoms with van der Waals surface area (Å²) >= 11 is 2.26. The van der Waals surface area contributed by atoms with Crippen molar-refractivity contribution in [1.82, 2.24) is 10.2 Å². The largest absolute Gasteiger partial charge is 0.328 e. The highest BCUT2D eigenvalue weighted by molar-refractivity contribution is 8.01. The van der Waals surface area contributed by atoms with Gasteiger partial charge in [-0.25, -0.2) is 8.78 Å². The molecule has 2 N–H and O–H groups in total. The highest BCUT2D eigenvalue weighted by atomic mass is 32.2. The van der Waals surface area contributed by atoms with Gasteiger partial charge in [0.05, 0.1) is 4.90 Å². The van der Waals surface area contributed by atoms with Crippen LogP contribution in [0.3, 0.4) is 0 Å². The molecule has 0 aliphatic rings. The average molecular weight is 301 g/mol. The molecular formula is C12H13F2N3S2. The van der Waals surface area contributed by atoms with Gasteiger partial charge in [-0.2, -0.15) is 0 Å². The van der Waals surface area contributed by atoms with E-state index in [4.69, 9.17) is 5.73 Å². The second kappa shape index (κ2) is 5.94. The standard InChI is InChI=1S/C12H13F2N3S2/c1-6(15)3-8-4-9(13)11(10(14)5-8)19-12-17-16-7(2)18-12/h4-6H,3,15H2,1-2H3. The van der Waals surface area contributed by atoms with Crippen molar-refractivity contribution in [1.29, 1.82) is 0 Å². The van der Waals surface area contributed by atoms with Gasteiger partial charge in [-0.1, -0.05) is 23.1 Å². The normalized spacial score (nSPS) is 12.7. The number of benzene rings is 1. The maximum absolute atomic E-state index is 13.9. The van der Waals surface area contributed by atoms with Gasteiger partial charge in [0.2, 0.25) is 0 Å². The number of nitrogens with zero attached hydrogens (tertiary/aromatic N) is 2. The number of aromatic nitrogens is 2. The summed E-state index contributed by atoms with van der Waals surface area (Å²) in [7, 11) is 0. The molecule has 7 heteroatoms. The van der Waals surface area contributed by atoms with Crippen LogP contribution >= 0.6 is 23.1 Å². The van der Waals surface area contributed by atoms with E-state index in [0.29, 0.717) is 16.3 Å². The van der Waals surface area contributed by atoms with Crippen molar-refractivity contribution in [3.63, 3.8) is 0 Å². The molecule has 3 nitrogen and oxygen atoms in total. The van der Waals surface area contributed by atoms with E-state index in [-0.39, 0.29) is 10.9 Å². The zero-order chi connectivity index (χ0) is 14.0. The van der Waals surface area contributed by atoms with Crippen LogP contribution in [-0.2, 0) is 6.42 Å². The van der Waals surface area contributed by atoms with Crippen LogP contribution in [0, 0.1) is 18.6 Å². The summed E-state index contributed by atoms with van der Waals surface area (Å²) in [5.74, 6) is -1.18. The molecule has 0 aliphatic heterocycles. The molecule has 2 aromatic rings. The van der Waals surface area contributed by atoms with Crippen LogP contribution in [0.2, 0.25) is 0 Å². The number of halogens is 2. The third kappa shape index (κ3) is 3.71. The van der Waals surface area contributed by atoms with Crippen LogP contribution in [0.25, 0.3) is 0 Å². The Bertz CT molecular complexity index is 561. The molecule has 0 saturated carbocycles. The molecule has 1 atom stereocenters. The van der Waals surface area contributed by atoms with Crippen LogP contribution in [-0.4, -0.2) is 16.2 Å². The van der Waals surface area contributed by atoms with Crippen molar-refractivity contribution in [2.24, 2.45) is 5.73 Å². The maximum Gasteiger partial charge on any atom is 0.179 e. The molecule has 0 fully saturated rings. The van der Waals surface area contributed by atoms with Gasteiger partial charge in [0, 0.05) is 6.04 Å². The van der Waals surface area contributed by atoms with E-state index in [0.717, 1.165) is 16.8 Å². The first-order chi connectivity index (χ1) is 8.95. The molecule has 2 rings (SSSR count). The first kappa shape index (κ1) is 14.4. The molecular weight excluding hydrogens is 288 g/mol. The molecule has 102 valence electrons. The number of aryl methyl sites for hydroxylation is 1. The Kier molecular flexibility index (Phi) is 4.49. The second-order valence-electron chi connectivity index (χ2n) is 4.26. The summed E-state index contributed by atoms with van der Waals surface area (Å²) in [6, 6.07) is 2.51. The fourth-order valence-electron chi connectivity index (χ4n) is 1.61. The highest BCUT2D eigenvalue weighted by Crippen LogP contribution is 2.34. The molecule has 19 heavy (non-hydrogen) atoms. The lowest BCUT2D eigenvalue weighted by atomic mass is 10.1. The summed E-state index contributed by atoms with van der Waals surface area (Å²) in [5.41, 5.74) is 6.18. The Morgan fingerprint density at radius 3 is 2.42 bits per heavy atom. The topological polar surface area (TPSA) is 51.8 Å². The van der Waals surface area contributed by atoms with E-state index in [1.165, 1.54) is 23.5 Å². The van der Waals surface area contributed by atoms with E-state index < -0.39 is 11.6 Å². The molecule has 1 aromatic heterocycles. The van der Waals surface area contributed by atoms with E-state index >= 15 is 0 Å². The predicted molar refractivity (Wildman–Crippen MR) is 72.5 cm³/mol. The number of rotatable bonds is 4. The Hall–Kier alpha value is -1.05. The monoisotopic (exact) mass is 301 g/mol. The van der Waals surface area contributed by atoms with Gasteiger partial charge in [-0.15, -0.1) is 10.2 Å². The SMILES string of the molecule is Cc1nnc(Sc2c(F)cc(CC(C)N)cc2F)s1. The summed E-state index contributed by atoms with van der Waals surface area (Å²) in [4.78, 5) is -0.0513. The first-order valence-corrected chi connectivity index (χ1v) is 7.30. The minimum Gasteiger partial charge on any atom is -0.328 e. The molecule has 0 spiro atoms. The van der Waals surface area contributed by atoms with Crippen LogP contribution < -0.4 is 5.73 Å². The smallest absolute Gasteiger partial charge is 0.179 e. The summed E-state index contributed by atoms with van der Waals surface area (Å²) < 4.78 is 28.3. The van der Waals surface area contributed by atoms with Gasteiger partial charge in [-0.05, 0) is 38.0 Å². The van der Waals surface area contributed by atoms with Crippen LogP contribution in [0.4, 0.5) is 8.78 Å². The van der Waals surface area contributed by atoms with Crippen molar-refractivity contribution in [3.8, 4) is 0 Å². The fourth-order valence-corrected chi connectivity index (χ4v) is 3.37. The summed E-state index contributed by atoms with van der Waals surface area (Å²) in [6.45, 7) is 3.59.